The van der Waals surface area contributed by atoms with E-state index in [1.807, 2.05) is 0 Å². The minimum absolute atomic E-state index is 0.234. The molecule has 0 saturated heterocycles. The molecule has 0 aliphatic rings. The third kappa shape index (κ3) is 2.60. The topological polar surface area (TPSA) is 68.0 Å². The molecule has 18 heavy (non-hydrogen) atoms. The van der Waals surface area contributed by atoms with E-state index in [1.165, 1.54) is 12.3 Å². The fourth-order valence-electron chi connectivity index (χ4n) is 1.34. The number of anilines is 2. The zero-order valence-corrected chi connectivity index (χ0v) is 9.15. The van der Waals surface area contributed by atoms with E-state index in [-0.39, 0.29) is 11.4 Å². The second-order valence-electron chi connectivity index (χ2n) is 3.56. The number of hydrogen-bond acceptors (Lipinski definition) is 3. The van der Waals surface area contributed by atoms with Gasteiger partial charge >= 0.3 is 0 Å². The van der Waals surface area contributed by atoms with E-state index >= 15 is 0 Å². The molecule has 2 aromatic rings. The highest BCUT2D eigenvalue weighted by Gasteiger charge is 2.12. The van der Waals surface area contributed by atoms with Crippen LogP contribution in [0.2, 0.25) is 0 Å². The van der Waals surface area contributed by atoms with Gasteiger partial charge < -0.3 is 11.1 Å². The lowest BCUT2D eigenvalue weighted by molar-refractivity contribution is 0.102. The number of nitrogen functional groups attached to an aromatic ring is 1. The number of nitrogens with one attached hydrogen (secondary N) is 1. The molecule has 0 aliphatic heterocycles. The summed E-state index contributed by atoms with van der Waals surface area (Å²) in [5, 5.41) is 2.38. The number of amides is 1. The number of aromatic nitrogens is 1. The van der Waals surface area contributed by atoms with Gasteiger partial charge in [0.2, 0.25) is 0 Å². The molecule has 2 rings (SSSR count). The molecule has 1 aromatic carbocycles. The molecule has 1 heterocycles. The predicted molar refractivity (Wildman–Crippen MR) is 63.0 cm³/mol. The Kier molecular flexibility index (Phi) is 3.18. The van der Waals surface area contributed by atoms with E-state index in [2.05, 4.69) is 10.3 Å². The molecule has 0 aliphatic carbocycles. The molecule has 0 fully saturated rings. The van der Waals surface area contributed by atoms with E-state index in [9.17, 15) is 13.6 Å². The molecule has 0 atom stereocenters. The van der Waals surface area contributed by atoms with E-state index in [1.54, 1.807) is 6.07 Å². The third-order valence-corrected chi connectivity index (χ3v) is 2.20. The van der Waals surface area contributed by atoms with Crippen LogP contribution in [0, 0.1) is 11.6 Å². The summed E-state index contributed by atoms with van der Waals surface area (Å²) >= 11 is 0. The fourth-order valence-corrected chi connectivity index (χ4v) is 1.34. The van der Waals surface area contributed by atoms with E-state index in [4.69, 9.17) is 5.73 Å². The van der Waals surface area contributed by atoms with Gasteiger partial charge in [-0.15, -0.1) is 0 Å². The van der Waals surface area contributed by atoms with Crippen LogP contribution in [-0.2, 0) is 0 Å². The maximum atomic E-state index is 13.3. The first-order valence-corrected chi connectivity index (χ1v) is 5.04. The number of nitrogens with two attached hydrogens (primary N) is 1. The molecule has 1 aromatic heterocycles. The van der Waals surface area contributed by atoms with E-state index < -0.39 is 17.5 Å². The number of hydrogen-bond donors (Lipinski definition) is 2. The zero-order chi connectivity index (χ0) is 13.1. The van der Waals surface area contributed by atoms with Gasteiger partial charge in [0.1, 0.15) is 17.5 Å². The van der Waals surface area contributed by atoms with Gasteiger partial charge in [0.05, 0.1) is 17.4 Å². The summed E-state index contributed by atoms with van der Waals surface area (Å²) < 4.78 is 26.0. The van der Waals surface area contributed by atoms with Crippen molar-refractivity contribution in [3.05, 3.63) is 53.7 Å². The number of pyridine rings is 1. The quantitative estimate of drug-likeness (QED) is 0.857. The summed E-state index contributed by atoms with van der Waals surface area (Å²) in [5.41, 5.74) is 5.62. The Balaban J connectivity index is 2.19. The Hall–Kier alpha value is -2.50. The van der Waals surface area contributed by atoms with Crippen molar-refractivity contribution in [2.45, 2.75) is 0 Å². The van der Waals surface area contributed by atoms with Gasteiger partial charge in [-0.05, 0) is 24.3 Å². The highest BCUT2D eigenvalue weighted by molar-refractivity contribution is 6.03. The van der Waals surface area contributed by atoms with Crippen molar-refractivity contribution in [3.63, 3.8) is 0 Å². The number of nitrogens with zero attached hydrogens (tertiary/aromatic N) is 1. The molecule has 0 saturated carbocycles. The van der Waals surface area contributed by atoms with Crippen molar-refractivity contribution in [2.24, 2.45) is 0 Å². The summed E-state index contributed by atoms with van der Waals surface area (Å²) in [6.45, 7) is 0. The number of carbonyl (C=O) groups excluding carboxylic acids is 1. The molecule has 6 heteroatoms. The van der Waals surface area contributed by atoms with Crippen LogP contribution in [0.4, 0.5) is 20.3 Å². The van der Waals surface area contributed by atoms with Gasteiger partial charge in [0, 0.05) is 6.07 Å². The van der Waals surface area contributed by atoms with Crippen LogP contribution in [0.3, 0.4) is 0 Å². The smallest absolute Gasteiger partial charge is 0.259 e. The Morgan fingerprint density at radius 1 is 1.22 bits per heavy atom. The average molecular weight is 249 g/mol. The van der Waals surface area contributed by atoms with Crippen LogP contribution in [0.25, 0.3) is 0 Å². The first kappa shape index (κ1) is 12.0. The molecular formula is C12H9F2N3O. The van der Waals surface area contributed by atoms with Crippen LogP contribution >= 0.6 is 0 Å². The maximum Gasteiger partial charge on any atom is 0.259 e. The molecule has 0 radical (unpaired) electrons. The second kappa shape index (κ2) is 4.79. The van der Waals surface area contributed by atoms with Crippen LogP contribution < -0.4 is 11.1 Å². The van der Waals surface area contributed by atoms with Gasteiger partial charge in [0.15, 0.2) is 0 Å². The van der Waals surface area contributed by atoms with Gasteiger partial charge in [-0.2, -0.15) is 0 Å². The molecular weight excluding hydrogens is 240 g/mol. The highest BCUT2D eigenvalue weighted by atomic mass is 19.1. The van der Waals surface area contributed by atoms with Crippen LogP contribution in [0.15, 0.2) is 36.5 Å². The molecule has 0 spiro atoms. The largest absolute Gasteiger partial charge is 0.397 e. The molecule has 3 N–H and O–H groups in total. The summed E-state index contributed by atoms with van der Waals surface area (Å²) in [7, 11) is 0. The standard InChI is InChI=1S/C12H9F2N3O/c13-7-1-3-9(10(14)5-7)12(18)17-11-4-2-8(15)6-16-11/h1-6H,15H2,(H,16,17,18). The molecule has 0 bridgehead atoms. The summed E-state index contributed by atoms with van der Waals surface area (Å²) in [6.07, 6.45) is 1.36. The van der Waals surface area contributed by atoms with Crippen molar-refractivity contribution in [3.8, 4) is 0 Å². The van der Waals surface area contributed by atoms with E-state index in [0.29, 0.717) is 11.8 Å². The predicted octanol–water partition coefficient (Wildman–Crippen LogP) is 2.19. The first-order valence-electron chi connectivity index (χ1n) is 5.04. The zero-order valence-electron chi connectivity index (χ0n) is 9.15. The summed E-state index contributed by atoms with van der Waals surface area (Å²) in [5.74, 6) is -2.14. The summed E-state index contributed by atoms with van der Waals surface area (Å²) in [4.78, 5) is 15.5. The fraction of sp³-hybridized carbons (Fsp3) is 0. The number of carbonyl (C=O) groups is 1. The third-order valence-electron chi connectivity index (χ3n) is 2.20. The Labute approximate surface area is 101 Å². The van der Waals surface area contributed by atoms with Crippen LogP contribution in [0.5, 0.6) is 0 Å². The number of halogens is 2. The molecule has 4 nitrogen and oxygen atoms in total. The van der Waals surface area contributed by atoms with Crippen molar-refractivity contribution in [2.75, 3.05) is 11.1 Å². The second-order valence-corrected chi connectivity index (χ2v) is 3.56. The first-order chi connectivity index (χ1) is 8.56. The van der Waals surface area contributed by atoms with Crippen molar-refractivity contribution < 1.29 is 13.6 Å². The van der Waals surface area contributed by atoms with Crippen LogP contribution in [-0.4, -0.2) is 10.9 Å². The molecule has 92 valence electrons. The van der Waals surface area contributed by atoms with Crippen molar-refractivity contribution in [1.29, 1.82) is 0 Å². The number of rotatable bonds is 2. The lowest BCUT2D eigenvalue weighted by atomic mass is 10.2. The van der Waals surface area contributed by atoms with Gasteiger partial charge in [0.25, 0.3) is 5.91 Å². The maximum absolute atomic E-state index is 13.3. The Morgan fingerprint density at radius 3 is 2.61 bits per heavy atom. The average Bonchev–Trinajstić information content (AvgIpc) is 2.32. The van der Waals surface area contributed by atoms with Gasteiger partial charge in [-0.25, -0.2) is 13.8 Å². The van der Waals surface area contributed by atoms with Gasteiger partial charge in [-0.3, -0.25) is 4.79 Å². The normalized spacial score (nSPS) is 10.1. The van der Waals surface area contributed by atoms with Crippen molar-refractivity contribution >= 4 is 17.4 Å². The minimum atomic E-state index is -0.928. The molecule has 1 amide bonds. The van der Waals surface area contributed by atoms with Crippen molar-refractivity contribution in [1.82, 2.24) is 4.98 Å². The lowest BCUT2D eigenvalue weighted by Crippen LogP contribution is -2.14. The minimum Gasteiger partial charge on any atom is -0.397 e. The highest BCUT2D eigenvalue weighted by Crippen LogP contribution is 2.12. The van der Waals surface area contributed by atoms with E-state index in [0.717, 1.165) is 12.1 Å². The Morgan fingerprint density at radius 2 is 2.00 bits per heavy atom. The van der Waals surface area contributed by atoms with Crippen LogP contribution in [0.1, 0.15) is 10.4 Å². The monoisotopic (exact) mass is 249 g/mol. The Bertz CT molecular complexity index is 584. The molecule has 0 unspecified atom stereocenters. The van der Waals surface area contributed by atoms with Gasteiger partial charge in [-0.1, -0.05) is 0 Å². The lowest BCUT2D eigenvalue weighted by Gasteiger charge is -2.05. The SMILES string of the molecule is Nc1ccc(NC(=O)c2ccc(F)cc2F)nc1. The summed E-state index contributed by atoms with van der Waals surface area (Å²) in [6, 6.07) is 5.75. The number of benzene rings is 1.